The Hall–Kier alpha value is -3.48. The van der Waals surface area contributed by atoms with Gasteiger partial charge in [-0.05, 0) is 62.6 Å². The number of nitrogens with zero attached hydrogens (tertiary/aromatic N) is 3. The number of aromatic hydroxyl groups is 1. The highest BCUT2D eigenvalue weighted by Crippen LogP contribution is 2.39. The van der Waals surface area contributed by atoms with E-state index in [1.807, 2.05) is 68.9 Å². The number of aryl methyl sites for hydroxylation is 1. The van der Waals surface area contributed by atoms with Crippen LogP contribution in [-0.4, -0.2) is 30.0 Å². The molecule has 0 saturated heterocycles. The van der Waals surface area contributed by atoms with Crippen molar-refractivity contribution in [3.05, 3.63) is 58.6 Å². The van der Waals surface area contributed by atoms with Gasteiger partial charge in [0.25, 0.3) is 0 Å². The number of hydrogen-bond acceptors (Lipinski definition) is 4. The average Bonchev–Trinajstić information content (AvgIpc) is 3.23. The van der Waals surface area contributed by atoms with Crippen molar-refractivity contribution < 1.29 is 9.84 Å². The van der Waals surface area contributed by atoms with Crippen LogP contribution in [0.25, 0.3) is 28.0 Å². The minimum atomic E-state index is -0.406. The molecule has 0 aliphatic carbocycles. The SMILES string of the molecule is CC(C)c1cc(-c2n[nH]c(=O)n2-c2ccc3c(ccn3C)c2)c(O)cc1OC(C)(C)C. The molecular weight excluding hydrogens is 392 g/mol. The zero-order valence-electron chi connectivity index (χ0n) is 18.7. The van der Waals surface area contributed by atoms with Gasteiger partial charge in [0.1, 0.15) is 17.1 Å². The van der Waals surface area contributed by atoms with E-state index in [1.54, 1.807) is 6.07 Å². The normalized spacial score (nSPS) is 12.1. The van der Waals surface area contributed by atoms with Crippen molar-refractivity contribution in [3.8, 4) is 28.6 Å². The first-order chi connectivity index (χ1) is 14.5. The van der Waals surface area contributed by atoms with Crippen molar-refractivity contribution in [2.75, 3.05) is 0 Å². The maximum Gasteiger partial charge on any atom is 0.348 e. The monoisotopic (exact) mass is 420 g/mol. The Labute approximate surface area is 180 Å². The summed E-state index contributed by atoms with van der Waals surface area (Å²) < 4.78 is 9.58. The van der Waals surface area contributed by atoms with Crippen LogP contribution in [0.3, 0.4) is 0 Å². The molecule has 2 aromatic carbocycles. The second-order valence-corrected chi connectivity index (χ2v) is 9.13. The molecule has 7 nitrogen and oxygen atoms in total. The van der Waals surface area contributed by atoms with Crippen molar-refractivity contribution in [1.82, 2.24) is 19.3 Å². The van der Waals surface area contributed by atoms with Crippen LogP contribution >= 0.6 is 0 Å². The highest BCUT2D eigenvalue weighted by molar-refractivity contribution is 5.82. The van der Waals surface area contributed by atoms with E-state index in [9.17, 15) is 9.90 Å². The van der Waals surface area contributed by atoms with E-state index in [0.717, 1.165) is 16.5 Å². The lowest BCUT2D eigenvalue weighted by molar-refractivity contribution is 0.128. The van der Waals surface area contributed by atoms with Crippen molar-refractivity contribution in [1.29, 1.82) is 0 Å². The van der Waals surface area contributed by atoms with Crippen LogP contribution in [-0.2, 0) is 7.05 Å². The summed E-state index contributed by atoms with van der Waals surface area (Å²) in [5, 5.41) is 18.6. The average molecular weight is 421 g/mol. The number of nitrogens with one attached hydrogen (secondary N) is 1. The molecule has 31 heavy (non-hydrogen) atoms. The van der Waals surface area contributed by atoms with Crippen molar-refractivity contribution in [3.63, 3.8) is 0 Å². The predicted molar refractivity (Wildman–Crippen MR) is 122 cm³/mol. The molecule has 2 N–H and O–H groups in total. The van der Waals surface area contributed by atoms with Gasteiger partial charge < -0.3 is 14.4 Å². The van der Waals surface area contributed by atoms with Gasteiger partial charge in [-0.15, -0.1) is 0 Å². The fourth-order valence-electron chi connectivity index (χ4n) is 3.76. The van der Waals surface area contributed by atoms with Gasteiger partial charge in [-0.1, -0.05) is 13.8 Å². The van der Waals surface area contributed by atoms with Gasteiger partial charge in [0.15, 0.2) is 5.82 Å². The lowest BCUT2D eigenvalue weighted by Gasteiger charge is -2.25. The van der Waals surface area contributed by atoms with Crippen LogP contribution in [0, 0.1) is 0 Å². The molecule has 0 radical (unpaired) electrons. The molecule has 4 aromatic rings. The highest BCUT2D eigenvalue weighted by atomic mass is 16.5. The highest BCUT2D eigenvalue weighted by Gasteiger charge is 2.23. The third kappa shape index (κ3) is 3.83. The van der Waals surface area contributed by atoms with Crippen molar-refractivity contribution in [2.45, 2.75) is 46.1 Å². The molecule has 4 rings (SSSR count). The number of aromatic amines is 1. The van der Waals surface area contributed by atoms with Gasteiger partial charge >= 0.3 is 5.69 Å². The first kappa shape index (κ1) is 20.8. The van der Waals surface area contributed by atoms with Crippen molar-refractivity contribution in [2.24, 2.45) is 7.05 Å². The van der Waals surface area contributed by atoms with Gasteiger partial charge in [-0.2, -0.15) is 5.10 Å². The molecular formula is C24H28N4O3. The predicted octanol–water partition coefficient (Wildman–Crippen LogP) is 4.73. The maximum absolute atomic E-state index is 12.7. The number of H-pyrrole nitrogens is 1. The second kappa shape index (κ2) is 7.34. The zero-order valence-corrected chi connectivity index (χ0v) is 18.7. The third-order valence-electron chi connectivity index (χ3n) is 5.21. The molecule has 2 heterocycles. The molecule has 0 atom stereocenters. The van der Waals surface area contributed by atoms with Crippen LogP contribution in [0.4, 0.5) is 0 Å². The van der Waals surface area contributed by atoms with E-state index in [-0.39, 0.29) is 17.4 Å². The summed E-state index contributed by atoms with van der Waals surface area (Å²) in [5.74, 6) is 1.13. The van der Waals surface area contributed by atoms with E-state index >= 15 is 0 Å². The first-order valence-electron chi connectivity index (χ1n) is 10.3. The van der Waals surface area contributed by atoms with Gasteiger partial charge in [0, 0.05) is 30.2 Å². The molecule has 162 valence electrons. The van der Waals surface area contributed by atoms with Crippen LogP contribution in [0.2, 0.25) is 0 Å². The van der Waals surface area contributed by atoms with E-state index < -0.39 is 5.60 Å². The number of ether oxygens (including phenoxy) is 1. The van der Waals surface area contributed by atoms with E-state index in [4.69, 9.17) is 4.74 Å². The molecule has 7 heteroatoms. The van der Waals surface area contributed by atoms with Gasteiger partial charge in [0.05, 0.1) is 11.3 Å². The third-order valence-corrected chi connectivity index (χ3v) is 5.21. The second-order valence-electron chi connectivity index (χ2n) is 9.13. The summed E-state index contributed by atoms with van der Waals surface area (Å²) in [6.07, 6.45) is 1.97. The first-order valence-corrected chi connectivity index (χ1v) is 10.3. The Morgan fingerprint density at radius 1 is 1.13 bits per heavy atom. The zero-order chi connectivity index (χ0) is 22.5. The van der Waals surface area contributed by atoms with Crippen LogP contribution in [0.15, 0.2) is 47.4 Å². The Bertz CT molecular complexity index is 1320. The quantitative estimate of drug-likeness (QED) is 0.500. The maximum atomic E-state index is 12.7. The van der Waals surface area contributed by atoms with E-state index in [0.29, 0.717) is 22.8 Å². The molecule has 0 aliphatic rings. The van der Waals surface area contributed by atoms with Gasteiger partial charge in [-0.3, -0.25) is 0 Å². The topological polar surface area (TPSA) is 85.1 Å². The lowest BCUT2D eigenvalue weighted by Crippen LogP contribution is -2.23. The summed E-state index contributed by atoms with van der Waals surface area (Å²) in [6, 6.07) is 11.2. The standard InChI is InChI=1S/C24H28N4O3/c1-14(2)17-12-18(20(29)13-21(17)31-24(3,4)5)22-25-26-23(30)28(22)16-7-8-19-15(11-16)9-10-27(19)6/h7-14,29H,1-6H3,(H,26,30). The minimum absolute atomic E-state index is 0.00434. The number of phenolic OH excluding ortho intramolecular Hbond substituents is 1. The summed E-state index contributed by atoms with van der Waals surface area (Å²) in [4.78, 5) is 12.7. The summed E-state index contributed by atoms with van der Waals surface area (Å²) in [7, 11) is 1.98. The van der Waals surface area contributed by atoms with Crippen LogP contribution in [0.1, 0.15) is 46.1 Å². The fourth-order valence-corrected chi connectivity index (χ4v) is 3.76. The largest absolute Gasteiger partial charge is 0.507 e. The molecule has 0 saturated carbocycles. The molecule has 0 spiro atoms. The molecule has 0 amide bonds. The van der Waals surface area contributed by atoms with E-state index in [2.05, 4.69) is 24.0 Å². The van der Waals surface area contributed by atoms with E-state index in [1.165, 1.54) is 4.57 Å². The number of rotatable bonds is 4. The van der Waals surface area contributed by atoms with Crippen molar-refractivity contribution >= 4 is 10.9 Å². The number of phenols is 1. The Kier molecular flexibility index (Phi) is 4.92. The molecule has 0 bridgehead atoms. The van der Waals surface area contributed by atoms with Gasteiger partial charge in [-0.25, -0.2) is 14.5 Å². The Morgan fingerprint density at radius 3 is 2.55 bits per heavy atom. The Morgan fingerprint density at radius 2 is 1.87 bits per heavy atom. The summed E-state index contributed by atoms with van der Waals surface area (Å²) in [6.45, 7) is 10.0. The van der Waals surface area contributed by atoms with Gasteiger partial charge in [0.2, 0.25) is 0 Å². The Balaban J connectivity index is 1.89. The summed E-state index contributed by atoms with van der Waals surface area (Å²) in [5.41, 5.74) is 2.37. The minimum Gasteiger partial charge on any atom is -0.507 e. The molecule has 0 unspecified atom stereocenters. The number of benzene rings is 2. The van der Waals surface area contributed by atoms with Crippen LogP contribution in [0.5, 0.6) is 11.5 Å². The molecule has 0 fully saturated rings. The number of aromatic nitrogens is 4. The smallest absolute Gasteiger partial charge is 0.348 e. The lowest BCUT2D eigenvalue weighted by atomic mass is 9.98. The number of hydrogen-bond donors (Lipinski definition) is 2. The molecule has 0 aliphatic heterocycles. The molecule has 2 aromatic heterocycles. The summed E-state index contributed by atoms with van der Waals surface area (Å²) >= 11 is 0. The fraction of sp³-hybridized carbons (Fsp3) is 0.333. The van der Waals surface area contributed by atoms with Crippen LogP contribution < -0.4 is 10.4 Å². The number of fused-ring (bicyclic) bond motifs is 1.